The largest absolute Gasteiger partial charge is 0.325 e. The van der Waals surface area contributed by atoms with E-state index in [-0.39, 0.29) is 11.2 Å². The Kier molecular flexibility index (Phi) is 3.93. The number of nitrogens with one attached hydrogen (secondary N) is 1. The lowest BCUT2D eigenvalue weighted by atomic mass is 10.1. The van der Waals surface area contributed by atoms with E-state index in [9.17, 15) is 4.79 Å². The quantitative estimate of drug-likeness (QED) is 0.743. The molecule has 0 unspecified atom stereocenters. The molecule has 0 bridgehead atoms. The summed E-state index contributed by atoms with van der Waals surface area (Å²) in [7, 11) is 0. The lowest BCUT2D eigenvalue weighted by Crippen LogP contribution is -2.24. The molecule has 122 valence electrons. The summed E-state index contributed by atoms with van der Waals surface area (Å²) in [5.41, 5.74) is 3.81. The van der Waals surface area contributed by atoms with Gasteiger partial charge in [0.15, 0.2) is 10.8 Å². The summed E-state index contributed by atoms with van der Waals surface area (Å²) in [6, 6.07) is 9.90. The highest BCUT2D eigenvalue weighted by Crippen LogP contribution is 2.31. The van der Waals surface area contributed by atoms with Crippen LogP contribution in [0.5, 0.6) is 0 Å². The molecule has 3 heterocycles. The van der Waals surface area contributed by atoms with Crippen LogP contribution in [-0.4, -0.2) is 30.7 Å². The fraction of sp³-hybridized carbons (Fsp3) is 0.294. The van der Waals surface area contributed by atoms with Crippen LogP contribution in [0.25, 0.3) is 5.65 Å². The molecule has 1 aliphatic rings. The number of fused-ring (bicyclic) bond motifs is 2. The van der Waals surface area contributed by atoms with Crippen LogP contribution < -0.4 is 5.32 Å². The number of para-hydroxylation sites is 1. The van der Waals surface area contributed by atoms with Crippen LogP contribution in [0.2, 0.25) is 0 Å². The monoisotopic (exact) mass is 339 g/mol. The normalized spacial score (nSPS) is 17.4. The van der Waals surface area contributed by atoms with Gasteiger partial charge in [0.2, 0.25) is 5.91 Å². The first-order valence-corrected chi connectivity index (χ1v) is 8.87. The van der Waals surface area contributed by atoms with Crippen molar-refractivity contribution in [3.05, 3.63) is 47.9 Å². The van der Waals surface area contributed by atoms with E-state index < -0.39 is 0 Å². The highest BCUT2D eigenvalue weighted by atomic mass is 32.2. The molecule has 2 aromatic heterocycles. The standard InChI is InChI=1S/C17H17N5OS/c1-2-12-9-15-21-18-10-22(15)17(19-12)24-14-8-7-11-5-3-4-6-13(11)20-16(14)23/h3-6,9-10,14H,2,7-8H2,1H3,(H,20,23)/t14-/m1/s1. The van der Waals surface area contributed by atoms with Gasteiger partial charge in [0.05, 0.1) is 5.25 Å². The van der Waals surface area contributed by atoms with E-state index in [1.165, 1.54) is 17.3 Å². The molecule has 0 fully saturated rings. The van der Waals surface area contributed by atoms with Crippen molar-refractivity contribution >= 4 is 29.0 Å². The third-order valence-electron chi connectivity index (χ3n) is 4.17. The first kappa shape index (κ1) is 15.1. The minimum absolute atomic E-state index is 0.0230. The van der Waals surface area contributed by atoms with E-state index in [0.717, 1.165) is 41.4 Å². The Hall–Kier alpha value is -2.41. The van der Waals surface area contributed by atoms with Gasteiger partial charge >= 0.3 is 0 Å². The maximum atomic E-state index is 12.6. The number of hydrogen-bond donors (Lipinski definition) is 1. The Morgan fingerprint density at radius 1 is 1.38 bits per heavy atom. The molecule has 7 heteroatoms. The average molecular weight is 339 g/mol. The molecule has 0 spiro atoms. The van der Waals surface area contributed by atoms with Gasteiger partial charge in [0.1, 0.15) is 6.33 Å². The fourth-order valence-electron chi connectivity index (χ4n) is 2.84. The van der Waals surface area contributed by atoms with Gasteiger partial charge in [-0.25, -0.2) is 4.98 Å². The molecule has 1 N–H and O–H groups in total. The lowest BCUT2D eigenvalue weighted by Gasteiger charge is -2.13. The molecular formula is C17H17N5OS. The van der Waals surface area contributed by atoms with Crippen LogP contribution in [0.1, 0.15) is 24.6 Å². The molecule has 6 nitrogen and oxygen atoms in total. The van der Waals surface area contributed by atoms with Gasteiger partial charge in [-0.1, -0.05) is 36.9 Å². The van der Waals surface area contributed by atoms with Gasteiger partial charge in [-0.15, -0.1) is 10.2 Å². The van der Waals surface area contributed by atoms with E-state index in [0.29, 0.717) is 0 Å². The smallest absolute Gasteiger partial charge is 0.237 e. The molecule has 1 atom stereocenters. The number of carbonyl (C=O) groups is 1. The van der Waals surface area contributed by atoms with Gasteiger partial charge in [-0.3, -0.25) is 9.20 Å². The number of benzene rings is 1. The molecule has 4 rings (SSSR count). The second-order valence-electron chi connectivity index (χ2n) is 5.73. The predicted octanol–water partition coefficient (Wildman–Crippen LogP) is 2.73. The maximum absolute atomic E-state index is 12.6. The summed E-state index contributed by atoms with van der Waals surface area (Å²) in [5.74, 6) is 0.0230. The summed E-state index contributed by atoms with van der Waals surface area (Å²) in [4.78, 5) is 17.3. The zero-order valence-electron chi connectivity index (χ0n) is 13.3. The van der Waals surface area contributed by atoms with Crippen molar-refractivity contribution in [2.45, 2.75) is 36.6 Å². The van der Waals surface area contributed by atoms with Gasteiger partial charge in [-0.2, -0.15) is 0 Å². The highest BCUT2D eigenvalue weighted by Gasteiger charge is 2.26. The van der Waals surface area contributed by atoms with E-state index >= 15 is 0 Å². The zero-order valence-corrected chi connectivity index (χ0v) is 14.1. The van der Waals surface area contributed by atoms with Crippen LogP contribution in [0.15, 0.2) is 41.8 Å². The molecule has 3 aromatic rings. The Balaban J connectivity index is 1.64. The highest BCUT2D eigenvalue weighted by molar-refractivity contribution is 8.00. The SMILES string of the molecule is CCc1cc2nncn2c(S[C@@H]2CCc3ccccc3NC2=O)n1. The van der Waals surface area contributed by atoms with Crippen LogP contribution >= 0.6 is 11.8 Å². The summed E-state index contributed by atoms with van der Waals surface area (Å²) in [6.45, 7) is 2.05. The summed E-state index contributed by atoms with van der Waals surface area (Å²) in [6.07, 6.45) is 4.10. The van der Waals surface area contributed by atoms with Crippen molar-refractivity contribution < 1.29 is 4.79 Å². The van der Waals surface area contributed by atoms with Crippen LogP contribution in [0.3, 0.4) is 0 Å². The number of anilines is 1. The number of nitrogens with zero attached hydrogens (tertiary/aromatic N) is 4. The Morgan fingerprint density at radius 3 is 3.12 bits per heavy atom. The minimum Gasteiger partial charge on any atom is -0.325 e. The lowest BCUT2D eigenvalue weighted by molar-refractivity contribution is -0.115. The topological polar surface area (TPSA) is 72.2 Å². The maximum Gasteiger partial charge on any atom is 0.237 e. The number of aryl methyl sites for hydroxylation is 2. The summed E-state index contributed by atoms with van der Waals surface area (Å²) < 4.78 is 1.84. The second kappa shape index (κ2) is 6.24. The number of hydrogen-bond acceptors (Lipinski definition) is 5. The van der Waals surface area contributed by atoms with Crippen LogP contribution in [0, 0.1) is 0 Å². The van der Waals surface area contributed by atoms with Gasteiger partial charge < -0.3 is 5.32 Å². The van der Waals surface area contributed by atoms with Gasteiger partial charge in [-0.05, 0) is 30.9 Å². The van der Waals surface area contributed by atoms with E-state index in [1.54, 1.807) is 6.33 Å². The minimum atomic E-state index is -0.192. The molecule has 1 aromatic carbocycles. The van der Waals surface area contributed by atoms with Crippen molar-refractivity contribution in [3.8, 4) is 0 Å². The van der Waals surface area contributed by atoms with E-state index in [4.69, 9.17) is 0 Å². The molecule has 1 amide bonds. The number of amides is 1. The first-order chi connectivity index (χ1) is 11.7. The molecule has 0 saturated heterocycles. The van der Waals surface area contributed by atoms with E-state index in [1.807, 2.05) is 28.7 Å². The van der Waals surface area contributed by atoms with Crippen molar-refractivity contribution in [2.24, 2.45) is 0 Å². The number of aromatic nitrogens is 4. The predicted molar refractivity (Wildman–Crippen MR) is 93.2 cm³/mol. The number of carbonyl (C=O) groups excluding carboxylic acids is 1. The molecular weight excluding hydrogens is 322 g/mol. The summed E-state index contributed by atoms with van der Waals surface area (Å²) in [5, 5.41) is 11.7. The molecule has 0 aliphatic carbocycles. The van der Waals surface area contributed by atoms with Crippen molar-refractivity contribution in [2.75, 3.05) is 5.32 Å². The molecule has 24 heavy (non-hydrogen) atoms. The Morgan fingerprint density at radius 2 is 2.25 bits per heavy atom. The zero-order chi connectivity index (χ0) is 16.5. The summed E-state index contributed by atoms with van der Waals surface area (Å²) >= 11 is 1.48. The Bertz CT molecular complexity index is 907. The van der Waals surface area contributed by atoms with Crippen molar-refractivity contribution in [1.29, 1.82) is 0 Å². The van der Waals surface area contributed by atoms with Gasteiger partial charge in [0.25, 0.3) is 0 Å². The number of rotatable bonds is 3. The van der Waals surface area contributed by atoms with Crippen LogP contribution in [-0.2, 0) is 17.6 Å². The first-order valence-electron chi connectivity index (χ1n) is 7.99. The Labute approximate surface area is 143 Å². The number of thioether (sulfide) groups is 1. The molecule has 0 saturated carbocycles. The van der Waals surface area contributed by atoms with Gasteiger partial charge in [0, 0.05) is 17.4 Å². The molecule has 0 radical (unpaired) electrons. The van der Waals surface area contributed by atoms with E-state index in [2.05, 4.69) is 33.5 Å². The third-order valence-corrected chi connectivity index (χ3v) is 5.40. The molecule has 1 aliphatic heterocycles. The van der Waals surface area contributed by atoms with Crippen molar-refractivity contribution in [1.82, 2.24) is 19.6 Å². The van der Waals surface area contributed by atoms with Crippen LogP contribution in [0.4, 0.5) is 5.69 Å². The fourth-order valence-corrected chi connectivity index (χ4v) is 3.92. The van der Waals surface area contributed by atoms with Crippen molar-refractivity contribution in [3.63, 3.8) is 0 Å². The average Bonchev–Trinajstić information content (AvgIpc) is 3.01. The third kappa shape index (κ3) is 2.75. The second-order valence-corrected chi connectivity index (χ2v) is 6.90.